The molecule has 1 N–H and O–H groups in total. The van der Waals surface area contributed by atoms with Gasteiger partial charge in [-0.25, -0.2) is 0 Å². The lowest BCUT2D eigenvalue weighted by molar-refractivity contribution is -0.132. The number of hydrogen-bond acceptors (Lipinski definition) is 5. The normalized spacial score (nSPS) is 18.1. The van der Waals surface area contributed by atoms with Crippen molar-refractivity contribution in [3.05, 3.63) is 86.6 Å². The van der Waals surface area contributed by atoms with Crippen LogP contribution >= 0.6 is 22.9 Å². The first-order chi connectivity index (χ1) is 14.4. The van der Waals surface area contributed by atoms with Gasteiger partial charge in [0.25, 0.3) is 11.7 Å². The molecular formula is C23H18ClNO4S. The van der Waals surface area contributed by atoms with Gasteiger partial charge in [0.1, 0.15) is 17.6 Å². The number of aliphatic hydroxyl groups is 1. The SMILES string of the molecule is COc1cccc(/C(O)=C2/C(=O)C(=O)N(c3ccc(Cl)cc3)C2c2sccc2C)c1. The summed E-state index contributed by atoms with van der Waals surface area (Å²) in [6, 6.07) is 14.6. The van der Waals surface area contributed by atoms with E-state index in [1.807, 2.05) is 18.4 Å². The fourth-order valence-corrected chi connectivity index (χ4v) is 4.69. The van der Waals surface area contributed by atoms with E-state index in [0.29, 0.717) is 22.0 Å². The number of hydrogen-bond donors (Lipinski definition) is 1. The van der Waals surface area contributed by atoms with Gasteiger partial charge >= 0.3 is 0 Å². The number of aryl methyl sites for hydroxylation is 1. The van der Waals surface area contributed by atoms with E-state index in [2.05, 4.69) is 0 Å². The van der Waals surface area contributed by atoms with Crippen LogP contribution in [0.25, 0.3) is 5.76 Å². The number of amides is 1. The third-order valence-electron chi connectivity index (χ3n) is 5.04. The van der Waals surface area contributed by atoms with Gasteiger partial charge in [-0.3, -0.25) is 14.5 Å². The van der Waals surface area contributed by atoms with Gasteiger partial charge in [0.2, 0.25) is 0 Å². The Morgan fingerprint density at radius 3 is 2.50 bits per heavy atom. The van der Waals surface area contributed by atoms with Crippen LogP contribution in [-0.2, 0) is 9.59 Å². The number of benzene rings is 2. The Hall–Kier alpha value is -3.09. The number of nitrogens with zero attached hydrogens (tertiary/aromatic N) is 1. The molecule has 0 spiro atoms. The van der Waals surface area contributed by atoms with E-state index in [9.17, 15) is 14.7 Å². The van der Waals surface area contributed by atoms with Crippen molar-refractivity contribution in [2.24, 2.45) is 0 Å². The zero-order valence-electron chi connectivity index (χ0n) is 16.3. The minimum absolute atomic E-state index is 0.0498. The van der Waals surface area contributed by atoms with Crippen LogP contribution in [0.2, 0.25) is 5.02 Å². The summed E-state index contributed by atoms with van der Waals surface area (Å²) >= 11 is 7.44. The Labute approximate surface area is 182 Å². The molecule has 1 fully saturated rings. The van der Waals surface area contributed by atoms with Crippen molar-refractivity contribution in [2.45, 2.75) is 13.0 Å². The van der Waals surface area contributed by atoms with Crippen LogP contribution in [0, 0.1) is 6.92 Å². The smallest absolute Gasteiger partial charge is 0.300 e. The van der Waals surface area contributed by atoms with E-state index in [-0.39, 0.29) is 11.3 Å². The third-order valence-corrected chi connectivity index (χ3v) is 6.37. The predicted octanol–water partition coefficient (Wildman–Crippen LogP) is 5.34. The summed E-state index contributed by atoms with van der Waals surface area (Å²) in [6.07, 6.45) is 0. The number of anilines is 1. The Balaban J connectivity index is 1.94. The summed E-state index contributed by atoms with van der Waals surface area (Å²) in [5, 5.41) is 13.5. The molecule has 30 heavy (non-hydrogen) atoms. The minimum Gasteiger partial charge on any atom is -0.507 e. The van der Waals surface area contributed by atoms with Crippen LogP contribution in [-0.4, -0.2) is 23.9 Å². The molecule has 1 atom stereocenters. The zero-order valence-corrected chi connectivity index (χ0v) is 17.8. The summed E-state index contributed by atoms with van der Waals surface area (Å²) < 4.78 is 5.23. The fraction of sp³-hybridized carbons (Fsp3) is 0.130. The standard InChI is InChI=1S/C23H18ClNO4S/c1-13-10-11-30-22(13)19-18(20(26)14-4-3-5-17(12-14)29-2)21(27)23(28)25(19)16-8-6-15(24)7-9-16/h3-12,19,26H,1-2H3/b20-18-. The Bertz CT molecular complexity index is 1170. The number of methoxy groups -OCH3 is 1. The minimum atomic E-state index is -0.739. The second-order valence-corrected chi connectivity index (χ2v) is 8.23. The molecule has 2 heterocycles. The van der Waals surface area contributed by atoms with Crippen LogP contribution < -0.4 is 9.64 Å². The highest BCUT2D eigenvalue weighted by Gasteiger charge is 2.47. The molecule has 1 amide bonds. The van der Waals surface area contributed by atoms with Crippen molar-refractivity contribution in [1.82, 2.24) is 0 Å². The molecule has 0 saturated carbocycles. The Morgan fingerprint density at radius 1 is 1.13 bits per heavy atom. The number of aliphatic hydroxyl groups excluding tert-OH is 1. The van der Waals surface area contributed by atoms with Gasteiger partial charge < -0.3 is 9.84 Å². The van der Waals surface area contributed by atoms with Crippen molar-refractivity contribution in [3.63, 3.8) is 0 Å². The Morgan fingerprint density at radius 2 is 1.87 bits per heavy atom. The summed E-state index contributed by atoms with van der Waals surface area (Å²) in [4.78, 5) is 28.4. The lowest BCUT2D eigenvalue weighted by atomic mass is 9.98. The van der Waals surface area contributed by atoms with E-state index >= 15 is 0 Å². The second-order valence-electron chi connectivity index (χ2n) is 6.85. The quantitative estimate of drug-likeness (QED) is 0.338. The molecule has 0 bridgehead atoms. The summed E-state index contributed by atoms with van der Waals surface area (Å²) in [5.41, 5.74) is 1.92. The fourth-order valence-electron chi connectivity index (χ4n) is 3.54. The maximum Gasteiger partial charge on any atom is 0.300 e. The van der Waals surface area contributed by atoms with Gasteiger partial charge in [0.05, 0.1) is 12.7 Å². The van der Waals surface area contributed by atoms with E-state index in [1.54, 1.807) is 48.5 Å². The number of ketones is 1. The lowest BCUT2D eigenvalue weighted by Gasteiger charge is -2.25. The number of thiophene rings is 1. The molecule has 3 aromatic rings. The van der Waals surface area contributed by atoms with Crippen molar-refractivity contribution in [1.29, 1.82) is 0 Å². The van der Waals surface area contributed by atoms with Crippen LogP contribution in [0.3, 0.4) is 0 Å². The van der Waals surface area contributed by atoms with Gasteiger partial charge in [-0.05, 0) is 60.3 Å². The molecule has 0 aliphatic carbocycles. The number of carbonyl (C=O) groups is 2. The lowest BCUT2D eigenvalue weighted by Crippen LogP contribution is -2.29. The van der Waals surface area contributed by atoms with Crippen molar-refractivity contribution in [2.75, 3.05) is 12.0 Å². The number of Topliss-reactive ketones (excluding diaryl/α,β-unsaturated/α-hetero) is 1. The number of rotatable bonds is 4. The molecule has 1 aliphatic heterocycles. The number of carbonyl (C=O) groups excluding carboxylic acids is 2. The molecule has 1 aromatic heterocycles. The van der Waals surface area contributed by atoms with E-state index < -0.39 is 17.7 Å². The predicted molar refractivity (Wildman–Crippen MR) is 118 cm³/mol. The van der Waals surface area contributed by atoms with Crippen molar-refractivity contribution in [3.8, 4) is 5.75 Å². The highest BCUT2D eigenvalue weighted by molar-refractivity contribution is 7.10. The maximum atomic E-state index is 13.1. The summed E-state index contributed by atoms with van der Waals surface area (Å²) in [7, 11) is 1.52. The average molecular weight is 440 g/mol. The third kappa shape index (κ3) is 3.38. The molecule has 4 rings (SSSR count). The highest BCUT2D eigenvalue weighted by atomic mass is 35.5. The van der Waals surface area contributed by atoms with E-state index in [1.165, 1.54) is 23.3 Å². The maximum absolute atomic E-state index is 13.1. The average Bonchev–Trinajstić information content (AvgIpc) is 3.29. The first-order valence-electron chi connectivity index (χ1n) is 9.17. The van der Waals surface area contributed by atoms with E-state index in [4.69, 9.17) is 16.3 Å². The van der Waals surface area contributed by atoms with Gasteiger partial charge in [-0.2, -0.15) is 0 Å². The van der Waals surface area contributed by atoms with Gasteiger partial charge in [0.15, 0.2) is 0 Å². The molecule has 7 heteroatoms. The second kappa shape index (κ2) is 7.97. The first-order valence-corrected chi connectivity index (χ1v) is 10.4. The van der Waals surface area contributed by atoms with E-state index in [0.717, 1.165) is 10.4 Å². The van der Waals surface area contributed by atoms with Crippen molar-refractivity contribution < 1.29 is 19.4 Å². The van der Waals surface area contributed by atoms with Crippen molar-refractivity contribution >= 4 is 46.1 Å². The van der Waals surface area contributed by atoms with Crippen LogP contribution in [0.5, 0.6) is 5.75 Å². The topological polar surface area (TPSA) is 66.8 Å². The van der Waals surface area contributed by atoms with Crippen LogP contribution in [0.15, 0.2) is 65.6 Å². The van der Waals surface area contributed by atoms with Crippen LogP contribution in [0.4, 0.5) is 5.69 Å². The monoisotopic (exact) mass is 439 g/mol. The largest absolute Gasteiger partial charge is 0.507 e. The number of ether oxygens (including phenoxy) is 1. The molecule has 5 nitrogen and oxygen atoms in total. The Kier molecular flexibility index (Phi) is 5.37. The van der Waals surface area contributed by atoms with Gasteiger partial charge in [-0.1, -0.05) is 23.7 Å². The molecule has 152 valence electrons. The molecule has 2 aromatic carbocycles. The number of halogens is 1. The molecular weight excluding hydrogens is 422 g/mol. The molecule has 1 saturated heterocycles. The molecule has 1 aliphatic rings. The highest BCUT2D eigenvalue weighted by Crippen LogP contribution is 2.45. The zero-order chi connectivity index (χ0) is 21.4. The van der Waals surface area contributed by atoms with Gasteiger partial charge in [-0.15, -0.1) is 11.3 Å². The molecule has 0 radical (unpaired) electrons. The molecule has 1 unspecified atom stereocenters. The van der Waals surface area contributed by atoms with Gasteiger partial charge in [0, 0.05) is 21.2 Å². The first kappa shape index (κ1) is 20.2. The van der Waals surface area contributed by atoms with Crippen LogP contribution in [0.1, 0.15) is 22.0 Å². The summed E-state index contributed by atoms with van der Waals surface area (Å²) in [6.45, 7) is 1.92. The summed E-state index contributed by atoms with van der Waals surface area (Å²) in [5.74, 6) is -1.13.